The molecule has 20 heavy (non-hydrogen) atoms. The fourth-order valence-corrected chi connectivity index (χ4v) is 1.75. The van der Waals surface area contributed by atoms with Gasteiger partial charge in [0.1, 0.15) is 0 Å². The van der Waals surface area contributed by atoms with Gasteiger partial charge in [-0.15, -0.1) is 0 Å². The maximum Gasteiger partial charge on any atom is 0.391 e. The third-order valence-corrected chi connectivity index (χ3v) is 2.59. The van der Waals surface area contributed by atoms with Crippen molar-refractivity contribution in [1.29, 1.82) is 0 Å². The quantitative estimate of drug-likeness (QED) is 0.730. The van der Waals surface area contributed by atoms with Crippen molar-refractivity contribution >= 4 is 17.3 Å². The van der Waals surface area contributed by atoms with Gasteiger partial charge in [0.2, 0.25) is 0 Å². The molecule has 0 saturated heterocycles. The molecule has 1 aromatic rings. The number of hydrogen-bond acceptors (Lipinski definition) is 3. The summed E-state index contributed by atoms with van der Waals surface area (Å²) in [5, 5.41) is 5.29. The third-order valence-electron chi connectivity index (χ3n) is 2.59. The lowest BCUT2D eigenvalue weighted by atomic mass is 10.1. The number of amides is 1. The molecule has 1 atom stereocenters. The van der Waals surface area contributed by atoms with Gasteiger partial charge in [-0.25, -0.2) is 0 Å². The molecule has 0 aliphatic rings. The molecule has 4 N–H and O–H groups in total. The maximum absolute atomic E-state index is 12.3. The van der Waals surface area contributed by atoms with Gasteiger partial charge in [0.05, 0.1) is 17.8 Å². The van der Waals surface area contributed by atoms with Crippen LogP contribution in [0.2, 0.25) is 0 Å². The van der Waals surface area contributed by atoms with Crippen LogP contribution in [0.5, 0.6) is 0 Å². The summed E-state index contributed by atoms with van der Waals surface area (Å²) in [6, 6.07) is 3.64. The van der Waals surface area contributed by atoms with Crippen LogP contribution in [0.15, 0.2) is 18.2 Å². The molecule has 0 radical (unpaired) electrons. The molecule has 0 spiro atoms. The molecule has 1 rings (SSSR count). The van der Waals surface area contributed by atoms with Crippen LogP contribution < -0.4 is 16.4 Å². The topological polar surface area (TPSA) is 67.2 Å². The first-order valence-corrected chi connectivity index (χ1v) is 6.24. The fourth-order valence-electron chi connectivity index (χ4n) is 1.75. The molecule has 1 aromatic carbocycles. The zero-order chi connectivity index (χ0) is 15.3. The average Bonchev–Trinajstić information content (AvgIpc) is 2.29. The summed E-state index contributed by atoms with van der Waals surface area (Å²) in [5.41, 5.74) is 6.67. The Hall–Kier alpha value is -1.92. The number of nitrogens with one attached hydrogen (secondary N) is 2. The Labute approximate surface area is 115 Å². The highest BCUT2D eigenvalue weighted by Crippen LogP contribution is 2.26. The second-order valence-electron chi connectivity index (χ2n) is 4.53. The zero-order valence-corrected chi connectivity index (χ0v) is 11.3. The zero-order valence-electron chi connectivity index (χ0n) is 11.3. The lowest BCUT2D eigenvalue weighted by Gasteiger charge is -2.18. The number of carbonyl (C=O) groups excluding carboxylic acids is 1. The van der Waals surface area contributed by atoms with Gasteiger partial charge in [-0.2, -0.15) is 13.2 Å². The van der Waals surface area contributed by atoms with E-state index in [1.807, 2.05) is 0 Å². The highest BCUT2D eigenvalue weighted by molar-refractivity contribution is 5.96. The van der Waals surface area contributed by atoms with Gasteiger partial charge in [0.15, 0.2) is 0 Å². The van der Waals surface area contributed by atoms with Gasteiger partial charge in [-0.1, -0.05) is 0 Å². The maximum atomic E-state index is 12.3. The number of hydrogen-bond donors (Lipinski definition) is 3. The highest BCUT2D eigenvalue weighted by atomic mass is 19.4. The number of halogens is 3. The van der Waals surface area contributed by atoms with Gasteiger partial charge >= 0.3 is 6.18 Å². The van der Waals surface area contributed by atoms with Crippen LogP contribution >= 0.6 is 0 Å². The van der Waals surface area contributed by atoms with Crippen LogP contribution in [0.1, 0.15) is 30.6 Å². The first kappa shape index (κ1) is 16.1. The molecule has 0 aliphatic heterocycles. The number of nitrogen functional groups attached to an aromatic ring is 1. The van der Waals surface area contributed by atoms with E-state index in [9.17, 15) is 18.0 Å². The summed E-state index contributed by atoms with van der Waals surface area (Å²) in [6.07, 6.45) is -5.23. The molecule has 0 heterocycles. The molecule has 0 saturated carbocycles. The van der Waals surface area contributed by atoms with Crippen molar-refractivity contribution in [2.24, 2.45) is 0 Å². The summed E-state index contributed by atoms with van der Waals surface area (Å²) in [5.74, 6) is -0.293. The Bertz CT molecular complexity index is 474. The molecule has 1 unspecified atom stereocenters. The Balaban J connectivity index is 2.84. The molecule has 4 nitrogen and oxygen atoms in total. The van der Waals surface area contributed by atoms with E-state index in [1.54, 1.807) is 6.92 Å². The van der Waals surface area contributed by atoms with E-state index >= 15 is 0 Å². The predicted octanol–water partition coefficient (Wildman–Crippen LogP) is 2.77. The van der Waals surface area contributed by atoms with E-state index in [1.165, 1.54) is 25.1 Å². The molecular formula is C13H18F3N3O. The first-order chi connectivity index (χ1) is 9.23. The van der Waals surface area contributed by atoms with Gasteiger partial charge in [0, 0.05) is 18.2 Å². The largest absolute Gasteiger partial charge is 0.397 e. The van der Waals surface area contributed by atoms with Crippen LogP contribution in [0.3, 0.4) is 0 Å². The molecule has 0 fully saturated rings. The molecule has 112 valence electrons. The number of nitrogens with two attached hydrogens (primary N) is 1. The molecular weight excluding hydrogens is 271 g/mol. The van der Waals surface area contributed by atoms with Crippen molar-refractivity contribution < 1.29 is 18.0 Å². The summed E-state index contributed by atoms with van der Waals surface area (Å²) in [6.45, 7) is 3.65. The molecule has 7 heteroatoms. The van der Waals surface area contributed by atoms with Crippen molar-refractivity contribution in [1.82, 2.24) is 5.32 Å². The minimum atomic E-state index is -4.25. The monoisotopic (exact) mass is 289 g/mol. The highest BCUT2D eigenvalue weighted by Gasteiger charge is 2.30. The van der Waals surface area contributed by atoms with Crippen LogP contribution in [0.4, 0.5) is 24.5 Å². The second kappa shape index (κ2) is 6.49. The van der Waals surface area contributed by atoms with E-state index < -0.39 is 18.6 Å². The van der Waals surface area contributed by atoms with E-state index in [2.05, 4.69) is 10.6 Å². The van der Waals surface area contributed by atoms with E-state index in [4.69, 9.17) is 5.73 Å². The summed E-state index contributed by atoms with van der Waals surface area (Å²) < 4.78 is 36.8. The summed E-state index contributed by atoms with van der Waals surface area (Å²) >= 11 is 0. The van der Waals surface area contributed by atoms with Gasteiger partial charge in [-0.3, -0.25) is 4.79 Å². The van der Waals surface area contributed by atoms with Crippen LogP contribution in [-0.4, -0.2) is 24.7 Å². The normalized spacial score (nSPS) is 12.8. The Morgan fingerprint density at radius 2 is 2.05 bits per heavy atom. The number of alkyl halides is 3. The summed E-state index contributed by atoms with van der Waals surface area (Å²) in [7, 11) is 0. The standard InChI is InChI=1S/C13H18F3N3O/c1-3-18-12(20)9-4-5-10(17)11(6-9)19-8(2)7-13(14,15)16/h4-6,8,19H,3,7,17H2,1-2H3,(H,18,20). The molecule has 1 amide bonds. The van der Waals surface area contributed by atoms with E-state index in [0.29, 0.717) is 23.5 Å². The van der Waals surface area contributed by atoms with Crippen molar-refractivity contribution in [3.63, 3.8) is 0 Å². The second-order valence-corrected chi connectivity index (χ2v) is 4.53. The minimum absolute atomic E-state index is 0.293. The number of anilines is 2. The fraction of sp³-hybridized carbons (Fsp3) is 0.462. The van der Waals surface area contributed by atoms with Gasteiger partial charge in [-0.05, 0) is 32.0 Å². The third kappa shape index (κ3) is 4.99. The number of benzene rings is 1. The van der Waals surface area contributed by atoms with Crippen LogP contribution in [0.25, 0.3) is 0 Å². The van der Waals surface area contributed by atoms with Gasteiger partial charge < -0.3 is 16.4 Å². The SMILES string of the molecule is CCNC(=O)c1ccc(N)c(NC(C)CC(F)(F)F)c1. The van der Waals surface area contributed by atoms with Crippen molar-refractivity contribution in [3.05, 3.63) is 23.8 Å². The van der Waals surface area contributed by atoms with E-state index in [-0.39, 0.29) is 5.91 Å². The van der Waals surface area contributed by atoms with Crippen molar-refractivity contribution in [2.75, 3.05) is 17.6 Å². The molecule has 0 bridgehead atoms. The molecule has 0 aliphatic carbocycles. The molecule has 0 aromatic heterocycles. The number of carbonyl (C=O) groups is 1. The lowest BCUT2D eigenvalue weighted by molar-refractivity contribution is -0.136. The minimum Gasteiger partial charge on any atom is -0.397 e. The number of rotatable bonds is 5. The predicted molar refractivity (Wildman–Crippen MR) is 72.6 cm³/mol. The van der Waals surface area contributed by atoms with Crippen molar-refractivity contribution in [3.8, 4) is 0 Å². The van der Waals surface area contributed by atoms with E-state index in [0.717, 1.165) is 0 Å². The summed E-state index contributed by atoms with van der Waals surface area (Å²) in [4.78, 5) is 11.7. The Morgan fingerprint density at radius 3 is 2.60 bits per heavy atom. The van der Waals surface area contributed by atoms with Crippen LogP contribution in [-0.2, 0) is 0 Å². The van der Waals surface area contributed by atoms with Crippen LogP contribution in [0, 0.1) is 0 Å². The van der Waals surface area contributed by atoms with Crippen molar-refractivity contribution in [2.45, 2.75) is 32.5 Å². The Morgan fingerprint density at radius 1 is 1.40 bits per heavy atom. The Kier molecular flexibility index (Phi) is 5.24. The average molecular weight is 289 g/mol. The first-order valence-electron chi connectivity index (χ1n) is 6.24. The van der Waals surface area contributed by atoms with Gasteiger partial charge in [0.25, 0.3) is 5.91 Å². The lowest BCUT2D eigenvalue weighted by Crippen LogP contribution is -2.25. The smallest absolute Gasteiger partial charge is 0.391 e.